The van der Waals surface area contributed by atoms with Gasteiger partial charge in [0.05, 0.1) is 6.61 Å². The Bertz CT molecular complexity index is 743. The van der Waals surface area contributed by atoms with Crippen molar-refractivity contribution in [2.24, 2.45) is 11.3 Å². The van der Waals surface area contributed by atoms with Crippen molar-refractivity contribution in [2.45, 2.75) is 38.5 Å². The summed E-state index contributed by atoms with van der Waals surface area (Å²) in [6.07, 6.45) is 10.1. The minimum atomic E-state index is -0.0584. The normalized spacial score (nSPS) is 25.3. The SMILES string of the molecule is COCOC1=CCC(C2(C)COc3cc(OCOC)ccc3C2CCCCO)C=C1. The second kappa shape index (κ2) is 10.8. The van der Waals surface area contributed by atoms with Crippen molar-refractivity contribution in [3.8, 4) is 11.5 Å². The summed E-state index contributed by atoms with van der Waals surface area (Å²) in [4.78, 5) is 0. The van der Waals surface area contributed by atoms with Gasteiger partial charge >= 0.3 is 0 Å². The van der Waals surface area contributed by atoms with Gasteiger partial charge in [-0.2, -0.15) is 0 Å². The van der Waals surface area contributed by atoms with Crippen LogP contribution >= 0.6 is 0 Å². The molecule has 6 heteroatoms. The molecule has 3 rings (SSSR count). The van der Waals surface area contributed by atoms with Gasteiger partial charge in [-0.3, -0.25) is 0 Å². The Kier molecular flexibility index (Phi) is 8.19. The fourth-order valence-electron chi connectivity index (χ4n) is 4.47. The molecule has 0 fully saturated rings. The number of methoxy groups -OCH3 is 2. The van der Waals surface area contributed by atoms with Gasteiger partial charge in [-0.1, -0.05) is 25.5 Å². The van der Waals surface area contributed by atoms with Crippen LogP contribution in [-0.2, 0) is 14.2 Å². The Morgan fingerprint density at radius 3 is 2.63 bits per heavy atom. The molecular weight excluding hydrogens is 384 g/mol. The first-order valence-corrected chi connectivity index (χ1v) is 10.6. The zero-order valence-electron chi connectivity index (χ0n) is 18.3. The lowest BCUT2D eigenvalue weighted by molar-refractivity contribution is 0.00769. The maximum atomic E-state index is 9.29. The van der Waals surface area contributed by atoms with Gasteiger partial charge in [0.1, 0.15) is 17.3 Å². The molecule has 1 aliphatic heterocycles. The number of fused-ring (bicyclic) bond motifs is 1. The first kappa shape index (κ1) is 22.7. The molecule has 2 aliphatic rings. The van der Waals surface area contributed by atoms with Crippen LogP contribution in [0.5, 0.6) is 11.5 Å². The van der Waals surface area contributed by atoms with Crippen LogP contribution in [0.1, 0.15) is 44.1 Å². The van der Waals surface area contributed by atoms with Crippen LogP contribution in [0.4, 0.5) is 0 Å². The molecule has 1 N–H and O–H groups in total. The summed E-state index contributed by atoms with van der Waals surface area (Å²) in [5.41, 5.74) is 1.15. The number of unbranched alkanes of at least 4 members (excludes halogenated alkanes) is 1. The molecule has 0 saturated carbocycles. The summed E-state index contributed by atoms with van der Waals surface area (Å²) < 4.78 is 27.4. The molecular formula is C24H34O6. The molecule has 3 unspecified atom stereocenters. The average Bonchev–Trinajstić information content (AvgIpc) is 2.78. The minimum Gasteiger partial charge on any atom is -0.493 e. The van der Waals surface area contributed by atoms with Crippen molar-refractivity contribution >= 4 is 0 Å². The summed E-state index contributed by atoms with van der Waals surface area (Å²) in [6.45, 7) is 3.64. The predicted molar refractivity (Wildman–Crippen MR) is 115 cm³/mol. The van der Waals surface area contributed by atoms with Crippen LogP contribution in [0.15, 0.2) is 42.2 Å². The maximum Gasteiger partial charge on any atom is 0.188 e. The fourth-order valence-corrected chi connectivity index (χ4v) is 4.47. The summed E-state index contributed by atoms with van der Waals surface area (Å²) in [5.74, 6) is 3.15. The third-order valence-corrected chi connectivity index (χ3v) is 6.20. The van der Waals surface area contributed by atoms with E-state index in [4.69, 9.17) is 23.7 Å². The van der Waals surface area contributed by atoms with E-state index in [2.05, 4.69) is 25.1 Å². The number of benzene rings is 1. The van der Waals surface area contributed by atoms with Crippen molar-refractivity contribution < 1.29 is 28.8 Å². The van der Waals surface area contributed by atoms with Gasteiger partial charge in [0, 0.05) is 32.3 Å². The number of aliphatic hydroxyl groups excluding tert-OH is 1. The van der Waals surface area contributed by atoms with E-state index in [-0.39, 0.29) is 25.6 Å². The molecule has 0 saturated heterocycles. The Labute approximate surface area is 179 Å². The monoisotopic (exact) mass is 418 g/mol. The average molecular weight is 419 g/mol. The molecule has 0 aromatic heterocycles. The van der Waals surface area contributed by atoms with Crippen molar-refractivity contribution in [1.82, 2.24) is 0 Å². The molecule has 30 heavy (non-hydrogen) atoms. The smallest absolute Gasteiger partial charge is 0.188 e. The molecule has 1 aromatic rings. The highest BCUT2D eigenvalue weighted by Crippen LogP contribution is 2.53. The van der Waals surface area contributed by atoms with Crippen LogP contribution < -0.4 is 9.47 Å². The van der Waals surface area contributed by atoms with Crippen molar-refractivity contribution in [3.63, 3.8) is 0 Å². The lowest BCUT2D eigenvalue weighted by Crippen LogP contribution is -2.42. The maximum absolute atomic E-state index is 9.29. The Morgan fingerprint density at radius 1 is 1.13 bits per heavy atom. The zero-order valence-corrected chi connectivity index (χ0v) is 18.3. The summed E-state index contributed by atoms with van der Waals surface area (Å²) in [7, 11) is 3.23. The van der Waals surface area contributed by atoms with E-state index in [9.17, 15) is 5.11 Å². The van der Waals surface area contributed by atoms with E-state index in [1.165, 1.54) is 5.56 Å². The van der Waals surface area contributed by atoms with Crippen molar-refractivity contribution in [2.75, 3.05) is 41.0 Å². The number of ether oxygens (including phenoxy) is 5. The van der Waals surface area contributed by atoms with E-state index in [1.54, 1.807) is 14.2 Å². The van der Waals surface area contributed by atoms with Gasteiger partial charge in [-0.05, 0) is 54.9 Å². The Hall–Kier alpha value is -2.02. The number of rotatable bonds is 11. The summed E-state index contributed by atoms with van der Waals surface area (Å²) >= 11 is 0. The van der Waals surface area contributed by atoms with Gasteiger partial charge in [0.15, 0.2) is 13.6 Å². The number of aliphatic hydroxyl groups is 1. The van der Waals surface area contributed by atoms with Gasteiger partial charge < -0.3 is 28.8 Å². The second-order valence-electron chi connectivity index (χ2n) is 8.18. The van der Waals surface area contributed by atoms with E-state index in [0.717, 1.165) is 42.9 Å². The van der Waals surface area contributed by atoms with Crippen molar-refractivity contribution in [3.05, 3.63) is 47.7 Å². The Morgan fingerprint density at radius 2 is 1.93 bits per heavy atom. The van der Waals surface area contributed by atoms with E-state index < -0.39 is 0 Å². The lowest BCUT2D eigenvalue weighted by Gasteiger charge is -2.47. The number of hydrogen-bond acceptors (Lipinski definition) is 6. The number of hydrogen-bond donors (Lipinski definition) is 1. The minimum absolute atomic E-state index is 0.0584. The van der Waals surface area contributed by atoms with E-state index in [1.807, 2.05) is 18.2 Å². The van der Waals surface area contributed by atoms with Crippen LogP contribution in [0, 0.1) is 11.3 Å². The molecule has 0 radical (unpaired) electrons. The molecule has 6 nitrogen and oxygen atoms in total. The van der Waals surface area contributed by atoms with E-state index in [0.29, 0.717) is 18.4 Å². The summed E-state index contributed by atoms with van der Waals surface area (Å²) in [5, 5.41) is 9.29. The van der Waals surface area contributed by atoms with Crippen LogP contribution in [-0.4, -0.2) is 46.1 Å². The van der Waals surface area contributed by atoms with Gasteiger partial charge in [-0.15, -0.1) is 0 Å². The molecule has 1 aromatic carbocycles. The van der Waals surface area contributed by atoms with Gasteiger partial charge in [-0.25, -0.2) is 0 Å². The van der Waals surface area contributed by atoms with Gasteiger partial charge in [0.2, 0.25) is 0 Å². The van der Waals surface area contributed by atoms with Gasteiger partial charge in [0.25, 0.3) is 0 Å². The highest BCUT2D eigenvalue weighted by Gasteiger charge is 2.45. The Balaban J connectivity index is 1.81. The third kappa shape index (κ3) is 5.17. The van der Waals surface area contributed by atoms with Crippen molar-refractivity contribution in [1.29, 1.82) is 0 Å². The van der Waals surface area contributed by atoms with Crippen LogP contribution in [0.3, 0.4) is 0 Å². The highest BCUT2D eigenvalue weighted by atomic mass is 16.7. The molecule has 1 aliphatic carbocycles. The molecule has 3 atom stereocenters. The van der Waals surface area contributed by atoms with Crippen LogP contribution in [0.2, 0.25) is 0 Å². The first-order chi connectivity index (χ1) is 14.6. The molecule has 0 bridgehead atoms. The third-order valence-electron chi connectivity index (χ3n) is 6.20. The fraction of sp³-hybridized carbons (Fsp3) is 0.583. The second-order valence-corrected chi connectivity index (χ2v) is 8.18. The standard InChI is InChI=1S/C24H34O6/c1-24(18-7-9-19(10-8-18)29-16-26-2)15-28-23-14-20(30-17-27-3)11-12-21(23)22(24)6-4-5-13-25/h7,9-12,14,18,22,25H,4-6,8,13,15-17H2,1-3H3. The summed E-state index contributed by atoms with van der Waals surface area (Å²) in [6, 6.07) is 6.07. The molecule has 1 heterocycles. The largest absolute Gasteiger partial charge is 0.493 e. The predicted octanol–water partition coefficient (Wildman–Crippen LogP) is 4.39. The van der Waals surface area contributed by atoms with Crippen LogP contribution in [0.25, 0.3) is 0 Å². The molecule has 0 spiro atoms. The molecule has 166 valence electrons. The quantitative estimate of drug-likeness (QED) is 0.425. The number of allylic oxidation sites excluding steroid dienone is 3. The van der Waals surface area contributed by atoms with E-state index >= 15 is 0 Å². The first-order valence-electron chi connectivity index (χ1n) is 10.6. The molecule has 0 amide bonds. The lowest BCUT2D eigenvalue weighted by atomic mass is 9.61. The topological polar surface area (TPSA) is 66.4 Å². The highest BCUT2D eigenvalue weighted by molar-refractivity contribution is 5.45. The zero-order chi connectivity index (χ0) is 21.4.